The minimum atomic E-state index is 0.0657. The fourth-order valence-electron chi connectivity index (χ4n) is 0.790. The Labute approximate surface area is 56.6 Å². The molecule has 0 spiro atoms. The summed E-state index contributed by atoms with van der Waals surface area (Å²) in [4.78, 5) is 0. The van der Waals surface area contributed by atoms with Crippen LogP contribution in [0.5, 0.6) is 0 Å². The van der Waals surface area contributed by atoms with E-state index in [0.717, 1.165) is 12.8 Å². The third-order valence-electron chi connectivity index (χ3n) is 1.13. The second kappa shape index (κ2) is 4.24. The highest BCUT2D eigenvalue weighted by Gasteiger charge is 1.97. The molecule has 0 fully saturated rings. The van der Waals surface area contributed by atoms with Gasteiger partial charge in [-0.25, -0.2) is 0 Å². The molecule has 0 aliphatic heterocycles. The average Bonchev–Trinajstić information content (AvgIpc) is 1.63. The average molecular weight is 129 g/mol. The first kappa shape index (κ1) is 8.34. The van der Waals surface area contributed by atoms with Gasteiger partial charge in [-0.2, -0.15) is 0 Å². The van der Waals surface area contributed by atoms with E-state index in [4.69, 9.17) is 5.11 Å². The molecule has 1 atom stereocenters. The lowest BCUT2D eigenvalue weighted by Crippen LogP contribution is -2.24. The van der Waals surface area contributed by atoms with Gasteiger partial charge >= 0.3 is 0 Å². The maximum absolute atomic E-state index is 8.64. The summed E-state index contributed by atoms with van der Waals surface area (Å²) in [6.45, 7) is 7.45. The van der Waals surface area contributed by atoms with E-state index in [0.29, 0.717) is 6.04 Å². The van der Waals surface area contributed by atoms with Crippen molar-refractivity contribution in [1.82, 2.24) is 5.32 Å². The van der Waals surface area contributed by atoms with E-state index in [1.807, 2.05) is 6.92 Å². The quantitative estimate of drug-likeness (QED) is 0.567. The van der Waals surface area contributed by atoms with E-state index in [1.165, 1.54) is 0 Å². The van der Waals surface area contributed by atoms with E-state index < -0.39 is 0 Å². The fraction of sp³-hybridized carbons (Fsp3) is 0.714. The van der Waals surface area contributed by atoms with Gasteiger partial charge < -0.3 is 10.4 Å². The van der Waals surface area contributed by atoms with Crippen LogP contribution < -0.4 is 5.32 Å². The smallest absolute Gasteiger partial charge is 0.176 e. The van der Waals surface area contributed by atoms with Gasteiger partial charge in [-0.1, -0.05) is 13.3 Å². The summed E-state index contributed by atoms with van der Waals surface area (Å²) >= 11 is 0. The van der Waals surface area contributed by atoms with Crippen LogP contribution in [0.3, 0.4) is 0 Å². The van der Waals surface area contributed by atoms with Crippen LogP contribution in [0.1, 0.15) is 26.7 Å². The fourth-order valence-corrected chi connectivity index (χ4v) is 0.790. The summed E-state index contributed by atoms with van der Waals surface area (Å²) in [6.07, 6.45) is 2.20. The maximum atomic E-state index is 8.64. The topological polar surface area (TPSA) is 32.3 Å². The number of nitrogens with one attached hydrogen (secondary N) is 1. The Morgan fingerprint density at radius 1 is 1.78 bits per heavy atom. The molecule has 0 aliphatic rings. The molecular formula is C7H15NO. The zero-order valence-electron chi connectivity index (χ0n) is 6.15. The van der Waals surface area contributed by atoms with E-state index in [9.17, 15) is 0 Å². The minimum Gasteiger partial charge on any atom is -0.495 e. The van der Waals surface area contributed by atoms with Gasteiger partial charge in [0.05, 0.1) is 0 Å². The lowest BCUT2D eigenvalue weighted by Gasteiger charge is -2.11. The second-order valence-corrected chi connectivity index (χ2v) is 2.28. The Bertz CT molecular complexity index is 90.9. The molecule has 2 N–H and O–H groups in total. The summed E-state index contributed by atoms with van der Waals surface area (Å²) in [5.41, 5.74) is 0. The van der Waals surface area contributed by atoms with Gasteiger partial charge in [0, 0.05) is 6.04 Å². The molecule has 0 radical (unpaired) electrons. The first-order valence-corrected chi connectivity index (χ1v) is 3.31. The van der Waals surface area contributed by atoms with Crippen molar-refractivity contribution >= 4 is 0 Å². The van der Waals surface area contributed by atoms with Gasteiger partial charge in [-0.3, -0.25) is 0 Å². The Balaban J connectivity index is 3.26. The van der Waals surface area contributed by atoms with Crippen LogP contribution in [-0.2, 0) is 0 Å². The zero-order chi connectivity index (χ0) is 7.28. The number of hydrogen-bond acceptors (Lipinski definition) is 2. The lowest BCUT2D eigenvalue weighted by atomic mass is 10.2. The van der Waals surface area contributed by atoms with Crippen molar-refractivity contribution in [1.29, 1.82) is 0 Å². The second-order valence-electron chi connectivity index (χ2n) is 2.28. The van der Waals surface area contributed by atoms with Crippen LogP contribution >= 0.6 is 0 Å². The van der Waals surface area contributed by atoms with Gasteiger partial charge in [0.2, 0.25) is 0 Å². The molecule has 0 saturated carbocycles. The Morgan fingerprint density at radius 3 is 2.67 bits per heavy atom. The monoisotopic (exact) mass is 129 g/mol. The normalized spacial score (nSPS) is 12.7. The predicted octanol–water partition coefficient (Wildman–Crippen LogP) is 1.79. The van der Waals surface area contributed by atoms with Crippen LogP contribution in [0.25, 0.3) is 0 Å². The van der Waals surface area contributed by atoms with Crippen LogP contribution in [0, 0.1) is 0 Å². The summed E-state index contributed by atoms with van der Waals surface area (Å²) in [5.74, 6) is 0.0657. The molecule has 0 heterocycles. The molecule has 0 bridgehead atoms. The van der Waals surface area contributed by atoms with Crippen molar-refractivity contribution in [2.45, 2.75) is 32.7 Å². The first-order chi connectivity index (χ1) is 4.16. The third kappa shape index (κ3) is 5.21. The molecule has 0 saturated heterocycles. The van der Waals surface area contributed by atoms with E-state index in [2.05, 4.69) is 18.8 Å². The molecule has 0 aromatic rings. The van der Waals surface area contributed by atoms with Crippen molar-refractivity contribution in [3.8, 4) is 0 Å². The van der Waals surface area contributed by atoms with Gasteiger partial charge in [-0.15, -0.1) is 0 Å². The Kier molecular flexibility index (Phi) is 3.93. The lowest BCUT2D eigenvalue weighted by molar-refractivity contribution is 0.342. The maximum Gasteiger partial charge on any atom is 0.176 e. The summed E-state index contributed by atoms with van der Waals surface area (Å²) in [6, 6.07) is 0.340. The Morgan fingerprint density at radius 2 is 2.33 bits per heavy atom. The zero-order valence-corrected chi connectivity index (χ0v) is 6.15. The summed E-state index contributed by atoms with van der Waals surface area (Å²) in [5, 5.41) is 11.4. The molecule has 0 aromatic heterocycles. The van der Waals surface area contributed by atoms with E-state index in [1.54, 1.807) is 0 Å². The SMILES string of the molecule is C=C(O)NC(C)CCC. The molecule has 0 aromatic carbocycles. The highest BCUT2D eigenvalue weighted by molar-refractivity contribution is 4.78. The molecular weight excluding hydrogens is 114 g/mol. The van der Waals surface area contributed by atoms with Crippen LogP contribution in [0.2, 0.25) is 0 Å². The van der Waals surface area contributed by atoms with Crippen LogP contribution in [0.4, 0.5) is 0 Å². The molecule has 54 valence electrons. The van der Waals surface area contributed by atoms with Crippen molar-refractivity contribution < 1.29 is 5.11 Å². The minimum absolute atomic E-state index is 0.0657. The number of aliphatic hydroxyl groups excluding tert-OH is 1. The number of hydrogen-bond donors (Lipinski definition) is 2. The van der Waals surface area contributed by atoms with Gasteiger partial charge in [0.1, 0.15) is 0 Å². The van der Waals surface area contributed by atoms with Gasteiger partial charge in [0.15, 0.2) is 5.88 Å². The van der Waals surface area contributed by atoms with Gasteiger partial charge in [0.25, 0.3) is 0 Å². The first-order valence-electron chi connectivity index (χ1n) is 3.31. The number of rotatable bonds is 4. The van der Waals surface area contributed by atoms with Crippen molar-refractivity contribution in [2.24, 2.45) is 0 Å². The summed E-state index contributed by atoms with van der Waals surface area (Å²) in [7, 11) is 0. The Hall–Kier alpha value is -0.660. The predicted molar refractivity (Wildman–Crippen MR) is 39.3 cm³/mol. The highest BCUT2D eigenvalue weighted by Crippen LogP contribution is 1.95. The van der Waals surface area contributed by atoms with Crippen molar-refractivity contribution in [3.05, 3.63) is 12.5 Å². The molecule has 2 nitrogen and oxygen atoms in total. The van der Waals surface area contributed by atoms with Crippen LogP contribution in [-0.4, -0.2) is 11.1 Å². The highest BCUT2D eigenvalue weighted by atomic mass is 16.3. The van der Waals surface area contributed by atoms with Crippen molar-refractivity contribution in [2.75, 3.05) is 0 Å². The summed E-state index contributed by atoms with van der Waals surface area (Å²) < 4.78 is 0. The van der Waals surface area contributed by atoms with E-state index in [-0.39, 0.29) is 5.88 Å². The largest absolute Gasteiger partial charge is 0.495 e. The van der Waals surface area contributed by atoms with Crippen LogP contribution in [0.15, 0.2) is 12.5 Å². The third-order valence-corrected chi connectivity index (χ3v) is 1.13. The molecule has 0 amide bonds. The molecule has 0 aliphatic carbocycles. The molecule has 1 unspecified atom stereocenters. The molecule has 0 rings (SSSR count). The standard InChI is InChI=1S/C7H15NO/c1-4-5-6(2)8-7(3)9/h6,8-9H,3-5H2,1-2H3. The van der Waals surface area contributed by atoms with Crippen molar-refractivity contribution in [3.63, 3.8) is 0 Å². The molecule has 2 heteroatoms. The van der Waals surface area contributed by atoms with Gasteiger partial charge in [-0.05, 0) is 19.9 Å². The van der Waals surface area contributed by atoms with E-state index >= 15 is 0 Å². The molecule has 9 heavy (non-hydrogen) atoms. The number of aliphatic hydroxyl groups is 1.